The molecule has 2 aliphatic rings. The van der Waals surface area contributed by atoms with Crippen molar-refractivity contribution < 1.29 is 9.90 Å². The van der Waals surface area contributed by atoms with Crippen molar-refractivity contribution in [2.45, 2.75) is 76.5 Å². The maximum atomic E-state index is 11.7. The highest BCUT2D eigenvalue weighted by Crippen LogP contribution is 2.41. The zero-order valence-corrected chi connectivity index (χ0v) is 21.9. The normalized spacial score (nSPS) is 24.8. The van der Waals surface area contributed by atoms with Crippen molar-refractivity contribution in [1.82, 2.24) is 14.9 Å². The molecule has 11 heteroatoms. The fourth-order valence-corrected chi connectivity index (χ4v) is 5.64. The molecule has 9 nitrogen and oxygen atoms in total. The average Bonchev–Trinajstić information content (AvgIpc) is 3.15. The van der Waals surface area contributed by atoms with Crippen LogP contribution in [-0.4, -0.2) is 45.4 Å². The van der Waals surface area contributed by atoms with Gasteiger partial charge in [-0.1, -0.05) is 29.3 Å². The first-order valence-electron chi connectivity index (χ1n) is 12.4. The van der Waals surface area contributed by atoms with Crippen LogP contribution in [0, 0.1) is 12.8 Å². The summed E-state index contributed by atoms with van der Waals surface area (Å²) in [6.45, 7) is 5.59. The molecule has 4 rings (SSSR count). The summed E-state index contributed by atoms with van der Waals surface area (Å²) in [5, 5.41) is 17.7. The lowest BCUT2D eigenvalue weighted by Gasteiger charge is -2.30. The standard InChI is InChI=1S/C25H33Cl2N7O2/c1-14-23(33-24(29-2)31-16-5-3-6-18(35)13-16)34(17-11-9-15(10-12-17)22(28)36)25(30-14)32-21-19(26)7-4-8-20(21)27/h4,7-8,15-18,35H,2-3,5-6,9-13H2,1H3,(H2,28,36)(H,30,32)(H,31,33)/t15-,16-,17+,18+/m0/s1. The minimum absolute atomic E-state index is 0.0341. The number of para-hydroxylation sites is 1. The highest BCUT2D eigenvalue weighted by molar-refractivity contribution is 6.39. The molecule has 2 fully saturated rings. The van der Waals surface area contributed by atoms with E-state index in [1.165, 1.54) is 0 Å². The van der Waals surface area contributed by atoms with Crippen molar-refractivity contribution in [3.8, 4) is 0 Å². The summed E-state index contributed by atoms with van der Waals surface area (Å²) in [6, 6.07) is 5.40. The number of benzene rings is 1. The third-order valence-electron chi connectivity index (χ3n) is 7.06. The molecule has 2 aromatic rings. The minimum atomic E-state index is -0.328. The van der Waals surface area contributed by atoms with Gasteiger partial charge in [0, 0.05) is 18.0 Å². The van der Waals surface area contributed by atoms with Gasteiger partial charge in [-0.25, -0.2) is 9.98 Å². The Balaban J connectivity index is 1.70. The Morgan fingerprint density at radius 1 is 1.19 bits per heavy atom. The Labute approximate surface area is 221 Å². The summed E-state index contributed by atoms with van der Waals surface area (Å²) in [4.78, 5) is 25.5. The van der Waals surface area contributed by atoms with Gasteiger partial charge in [0.05, 0.1) is 27.5 Å². The van der Waals surface area contributed by atoms with Crippen molar-refractivity contribution in [3.05, 3.63) is 33.9 Å². The lowest BCUT2D eigenvalue weighted by Crippen LogP contribution is -2.39. The van der Waals surface area contributed by atoms with E-state index in [9.17, 15) is 9.90 Å². The van der Waals surface area contributed by atoms with Crippen LogP contribution in [0.5, 0.6) is 0 Å². The van der Waals surface area contributed by atoms with E-state index in [-0.39, 0.29) is 30.0 Å². The number of halogens is 2. The van der Waals surface area contributed by atoms with Crippen LogP contribution in [0.2, 0.25) is 10.0 Å². The molecule has 1 heterocycles. The zero-order valence-electron chi connectivity index (χ0n) is 20.4. The van der Waals surface area contributed by atoms with Crippen LogP contribution in [0.1, 0.15) is 63.1 Å². The van der Waals surface area contributed by atoms with Crippen LogP contribution in [0.15, 0.2) is 28.2 Å². The lowest BCUT2D eigenvalue weighted by molar-refractivity contribution is -0.122. The molecule has 0 aliphatic heterocycles. The number of nitrogens with one attached hydrogen (secondary N) is 2. The third-order valence-corrected chi connectivity index (χ3v) is 7.69. The van der Waals surface area contributed by atoms with E-state index in [0.29, 0.717) is 58.4 Å². The number of aliphatic imine (C=N–C) groups is 2. The first-order valence-corrected chi connectivity index (χ1v) is 13.1. The molecule has 5 N–H and O–H groups in total. The summed E-state index contributed by atoms with van der Waals surface area (Å²) in [6.07, 6.45) is 5.87. The first kappa shape index (κ1) is 26.4. The molecule has 0 saturated heterocycles. The van der Waals surface area contributed by atoms with E-state index in [1.807, 2.05) is 11.5 Å². The fourth-order valence-electron chi connectivity index (χ4n) is 5.14. The van der Waals surface area contributed by atoms with Crippen LogP contribution >= 0.6 is 23.2 Å². The SMILES string of the molecule is C=N/C(=N\c1c(C)nc(Nc2c(Cl)cccc2Cl)n1[C@H]1CC[C@@H](C(N)=O)CC1)N[C@H]1CCC[C@@H](O)C1. The monoisotopic (exact) mass is 533 g/mol. The van der Waals surface area contributed by atoms with Crippen molar-refractivity contribution in [1.29, 1.82) is 0 Å². The number of guanidine groups is 1. The molecule has 0 radical (unpaired) electrons. The van der Waals surface area contributed by atoms with Crippen LogP contribution in [0.4, 0.5) is 17.5 Å². The molecule has 2 aliphatic carbocycles. The molecule has 2 atom stereocenters. The van der Waals surface area contributed by atoms with Crippen LogP contribution in [0.3, 0.4) is 0 Å². The van der Waals surface area contributed by atoms with E-state index in [2.05, 4.69) is 22.3 Å². The lowest BCUT2D eigenvalue weighted by atomic mass is 9.85. The second-order valence-electron chi connectivity index (χ2n) is 9.60. The molecule has 1 aromatic heterocycles. The fraction of sp³-hybridized carbons (Fsp3) is 0.520. The van der Waals surface area contributed by atoms with Gasteiger partial charge in [-0.2, -0.15) is 4.99 Å². The van der Waals surface area contributed by atoms with Gasteiger partial charge in [0.15, 0.2) is 5.82 Å². The first-order chi connectivity index (χ1) is 17.3. The smallest absolute Gasteiger partial charge is 0.224 e. The predicted molar refractivity (Wildman–Crippen MR) is 145 cm³/mol. The molecular weight excluding hydrogens is 501 g/mol. The van der Waals surface area contributed by atoms with Crippen molar-refractivity contribution >= 4 is 59.2 Å². The molecule has 194 valence electrons. The molecule has 0 unspecified atom stereocenters. The van der Waals surface area contributed by atoms with Gasteiger partial charge in [0.1, 0.15) is 0 Å². The number of carbonyl (C=O) groups is 1. The van der Waals surface area contributed by atoms with Gasteiger partial charge in [-0.15, -0.1) is 0 Å². The van der Waals surface area contributed by atoms with Crippen molar-refractivity contribution in [2.75, 3.05) is 5.32 Å². The second-order valence-corrected chi connectivity index (χ2v) is 10.4. The zero-order chi connectivity index (χ0) is 25.8. The summed E-state index contributed by atoms with van der Waals surface area (Å²) >= 11 is 12.9. The highest BCUT2D eigenvalue weighted by Gasteiger charge is 2.30. The average molecular weight is 534 g/mol. The van der Waals surface area contributed by atoms with Gasteiger partial charge < -0.3 is 21.5 Å². The molecule has 0 bridgehead atoms. The van der Waals surface area contributed by atoms with Crippen molar-refractivity contribution in [2.24, 2.45) is 21.6 Å². The number of amides is 1. The number of aromatic nitrogens is 2. The molecule has 0 spiro atoms. The summed E-state index contributed by atoms with van der Waals surface area (Å²) in [5.41, 5.74) is 6.82. The van der Waals surface area contributed by atoms with E-state index in [1.54, 1.807) is 18.2 Å². The van der Waals surface area contributed by atoms with Crippen LogP contribution in [-0.2, 0) is 4.79 Å². The summed E-state index contributed by atoms with van der Waals surface area (Å²) in [7, 11) is 0. The Morgan fingerprint density at radius 2 is 1.89 bits per heavy atom. The molecule has 36 heavy (non-hydrogen) atoms. The molecule has 1 amide bonds. The van der Waals surface area contributed by atoms with Crippen LogP contribution in [0.25, 0.3) is 0 Å². The number of carbonyl (C=O) groups excluding carboxylic acids is 1. The third kappa shape index (κ3) is 6.02. The maximum Gasteiger partial charge on any atom is 0.224 e. The Bertz CT molecular complexity index is 1120. The number of imidazole rings is 1. The maximum absolute atomic E-state index is 11.7. The number of primary amides is 1. The van der Waals surface area contributed by atoms with E-state index in [4.69, 9.17) is 38.9 Å². The number of nitrogens with two attached hydrogens (primary N) is 1. The van der Waals surface area contributed by atoms with Crippen molar-refractivity contribution in [3.63, 3.8) is 0 Å². The summed E-state index contributed by atoms with van der Waals surface area (Å²) in [5.74, 6) is 1.19. The Hall–Kier alpha value is -2.62. The van der Waals surface area contributed by atoms with Gasteiger partial charge in [-0.05, 0) is 77.1 Å². The minimum Gasteiger partial charge on any atom is -0.393 e. The van der Waals surface area contributed by atoms with Crippen LogP contribution < -0.4 is 16.4 Å². The number of aliphatic hydroxyl groups is 1. The van der Waals surface area contributed by atoms with Gasteiger partial charge in [0.25, 0.3) is 0 Å². The number of hydrogen-bond donors (Lipinski definition) is 4. The van der Waals surface area contributed by atoms with E-state index in [0.717, 1.165) is 32.1 Å². The van der Waals surface area contributed by atoms with Gasteiger partial charge >= 0.3 is 0 Å². The molecule has 1 aromatic carbocycles. The van der Waals surface area contributed by atoms with E-state index >= 15 is 0 Å². The predicted octanol–water partition coefficient (Wildman–Crippen LogP) is 5.04. The van der Waals surface area contributed by atoms with Gasteiger partial charge in [-0.3, -0.25) is 9.36 Å². The number of nitrogens with zero attached hydrogens (tertiary/aromatic N) is 4. The quantitative estimate of drug-likeness (QED) is 0.305. The Morgan fingerprint density at radius 3 is 2.50 bits per heavy atom. The topological polar surface area (TPSA) is 130 Å². The number of aliphatic hydroxyl groups excluding tert-OH is 1. The number of rotatable bonds is 6. The van der Waals surface area contributed by atoms with E-state index < -0.39 is 0 Å². The summed E-state index contributed by atoms with van der Waals surface area (Å²) < 4.78 is 2.04. The van der Waals surface area contributed by atoms with Gasteiger partial charge in [0.2, 0.25) is 17.8 Å². The molecular formula is C25H33Cl2N7O2. The number of hydrogen-bond acceptors (Lipinski definition) is 5. The largest absolute Gasteiger partial charge is 0.393 e. The highest BCUT2D eigenvalue weighted by atomic mass is 35.5. The Kier molecular flexibility index (Phi) is 8.54. The number of aryl methyl sites for hydroxylation is 1. The number of anilines is 2. The molecule has 2 saturated carbocycles. The second kappa shape index (κ2) is 11.6.